The van der Waals surface area contributed by atoms with Gasteiger partial charge < -0.3 is 15.5 Å². The Morgan fingerprint density at radius 3 is 2.61 bits per heavy atom. The Labute approximate surface area is 163 Å². The number of H-pyrrole nitrogens is 1. The van der Waals surface area contributed by atoms with Gasteiger partial charge in [0.25, 0.3) is 11.5 Å². The molecule has 0 atom stereocenters. The van der Waals surface area contributed by atoms with Crippen LogP contribution in [0.1, 0.15) is 10.5 Å². The van der Waals surface area contributed by atoms with Crippen LogP contribution in [-0.4, -0.2) is 39.1 Å². The summed E-state index contributed by atoms with van der Waals surface area (Å²) in [6.45, 7) is -0.258. The number of aromatic nitrogens is 2. The number of azo groups is 1. The highest BCUT2D eigenvalue weighted by molar-refractivity contribution is 6.32. The molecule has 0 aliphatic rings. The zero-order valence-corrected chi connectivity index (χ0v) is 15.2. The third-order valence-electron chi connectivity index (χ3n) is 3.73. The number of aromatic amines is 1. The van der Waals surface area contributed by atoms with Gasteiger partial charge in [-0.25, -0.2) is 4.68 Å². The molecule has 2 aromatic carbocycles. The number of amides is 1. The number of carbonyl (C=O) groups is 1. The van der Waals surface area contributed by atoms with Crippen LogP contribution in [-0.2, 0) is 0 Å². The molecule has 9 nitrogen and oxygen atoms in total. The molecule has 0 unspecified atom stereocenters. The van der Waals surface area contributed by atoms with Crippen molar-refractivity contribution in [2.75, 3.05) is 13.2 Å². The fraction of sp³-hybridized carbons (Fsp3) is 0.111. The molecule has 0 radical (unpaired) electrons. The first-order valence-corrected chi connectivity index (χ1v) is 8.59. The van der Waals surface area contributed by atoms with E-state index >= 15 is 0 Å². The zero-order valence-electron chi connectivity index (χ0n) is 14.5. The van der Waals surface area contributed by atoms with E-state index in [1.54, 1.807) is 36.4 Å². The lowest BCUT2D eigenvalue weighted by Gasteiger charge is -2.02. The molecule has 0 spiro atoms. The van der Waals surface area contributed by atoms with Crippen molar-refractivity contribution < 1.29 is 15.0 Å². The number of nitrogens with zero attached hydrogens (tertiary/aromatic N) is 3. The highest BCUT2D eigenvalue weighted by Gasteiger charge is 2.21. The molecule has 144 valence electrons. The van der Waals surface area contributed by atoms with Crippen molar-refractivity contribution in [3.05, 3.63) is 69.6 Å². The molecule has 3 aromatic rings. The summed E-state index contributed by atoms with van der Waals surface area (Å²) >= 11 is 5.84. The molecule has 0 bridgehead atoms. The maximum atomic E-state index is 12.8. The number of aliphatic hydroxyl groups excluding tert-OH is 1. The van der Waals surface area contributed by atoms with Crippen molar-refractivity contribution in [2.24, 2.45) is 10.2 Å². The highest BCUT2D eigenvalue weighted by Crippen LogP contribution is 2.34. The molecule has 1 aromatic heterocycles. The highest BCUT2D eigenvalue weighted by atomic mass is 35.5. The number of carbonyl (C=O) groups excluding carboxylic acids is 1. The van der Waals surface area contributed by atoms with Gasteiger partial charge in [0.1, 0.15) is 5.69 Å². The Morgan fingerprint density at radius 2 is 1.89 bits per heavy atom. The van der Waals surface area contributed by atoms with Gasteiger partial charge in [-0.15, -0.1) is 10.2 Å². The number of para-hydroxylation sites is 2. The predicted octanol–water partition coefficient (Wildman–Crippen LogP) is 2.66. The number of hydrogen-bond acceptors (Lipinski definition) is 6. The van der Waals surface area contributed by atoms with E-state index in [9.17, 15) is 14.7 Å². The largest absolute Gasteiger partial charge is 0.504 e. The van der Waals surface area contributed by atoms with E-state index in [1.807, 2.05) is 0 Å². The van der Waals surface area contributed by atoms with Crippen LogP contribution in [0.4, 0.5) is 11.4 Å². The monoisotopic (exact) mass is 401 g/mol. The van der Waals surface area contributed by atoms with Crippen LogP contribution in [0.2, 0.25) is 5.02 Å². The van der Waals surface area contributed by atoms with Crippen LogP contribution in [0.15, 0.2) is 63.6 Å². The molecule has 0 saturated carbocycles. The topological polar surface area (TPSA) is 132 Å². The smallest absolute Gasteiger partial charge is 0.299 e. The summed E-state index contributed by atoms with van der Waals surface area (Å²) in [4.78, 5) is 25.2. The van der Waals surface area contributed by atoms with Gasteiger partial charge in [0.05, 0.1) is 17.3 Å². The molecule has 28 heavy (non-hydrogen) atoms. The molecule has 1 heterocycles. The van der Waals surface area contributed by atoms with Crippen molar-refractivity contribution in [3.63, 3.8) is 0 Å². The minimum atomic E-state index is -0.634. The summed E-state index contributed by atoms with van der Waals surface area (Å²) in [6.07, 6.45) is 0. The Hall–Kier alpha value is -3.43. The summed E-state index contributed by atoms with van der Waals surface area (Å²) in [5.41, 5.74) is -0.450. The number of nitrogens with one attached hydrogen (secondary N) is 2. The molecular weight excluding hydrogens is 386 g/mol. The number of hydrogen-bond donors (Lipinski definition) is 4. The number of aliphatic hydroxyl groups is 1. The van der Waals surface area contributed by atoms with Gasteiger partial charge >= 0.3 is 0 Å². The van der Waals surface area contributed by atoms with E-state index in [4.69, 9.17) is 16.7 Å². The van der Waals surface area contributed by atoms with E-state index in [0.717, 1.165) is 4.68 Å². The van der Waals surface area contributed by atoms with Crippen LogP contribution in [0, 0.1) is 0 Å². The second-order valence-electron chi connectivity index (χ2n) is 5.60. The minimum Gasteiger partial charge on any atom is -0.504 e. The second-order valence-corrected chi connectivity index (χ2v) is 6.01. The van der Waals surface area contributed by atoms with E-state index in [0.29, 0.717) is 5.69 Å². The van der Waals surface area contributed by atoms with Crippen molar-refractivity contribution in [2.45, 2.75) is 0 Å². The molecule has 0 aliphatic carbocycles. The summed E-state index contributed by atoms with van der Waals surface area (Å²) in [5.74, 6) is -0.928. The van der Waals surface area contributed by atoms with Gasteiger partial charge in [-0.05, 0) is 24.3 Å². The zero-order chi connectivity index (χ0) is 20.1. The summed E-state index contributed by atoms with van der Waals surface area (Å²) < 4.78 is 1.15. The molecule has 0 fully saturated rings. The third kappa shape index (κ3) is 3.95. The summed E-state index contributed by atoms with van der Waals surface area (Å²) in [5, 5.41) is 31.8. The Balaban J connectivity index is 2.08. The van der Waals surface area contributed by atoms with E-state index in [2.05, 4.69) is 20.6 Å². The Kier molecular flexibility index (Phi) is 5.87. The number of halogens is 1. The van der Waals surface area contributed by atoms with Crippen LogP contribution < -0.4 is 10.9 Å². The summed E-state index contributed by atoms with van der Waals surface area (Å²) in [6, 6.07) is 13.1. The van der Waals surface area contributed by atoms with E-state index in [1.165, 1.54) is 12.1 Å². The summed E-state index contributed by atoms with van der Waals surface area (Å²) in [7, 11) is 0. The number of phenols is 1. The van der Waals surface area contributed by atoms with Crippen molar-refractivity contribution in [3.8, 4) is 11.4 Å². The first-order chi connectivity index (χ1) is 13.5. The number of phenolic OH excluding ortho intramolecular Hbond substituents is 1. The van der Waals surface area contributed by atoms with E-state index in [-0.39, 0.29) is 41.0 Å². The molecule has 3 rings (SSSR count). The van der Waals surface area contributed by atoms with Crippen molar-refractivity contribution in [1.29, 1.82) is 0 Å². The van der Waals surface area contributed by atoms with Gasteiger partial charge in [-0.2, -0.15) is 0 Å². The standard InChI is InChI=1S/C18H16ClN5O4/c19-12-7-4-8-13(16(12)26)21-22-15-14(17(27)20-9-10-25)23-24(18(15)28)11-5-2-1-3-6-11/h1-8,23,25-26H,9-10H2,(H,20,27). The predicted molar refractivity (Wildman–Crippen MR) is 103 cm³/mol. The number of aromatic hydroxyl groups is 1. The van der Waals surface area contributed by atoms with Crippen LogP contribution in [0.25, 0.3) is 5.69 Å². The third-order valence-corrected chi connectivity index (χ3v) is 4.03. The minimum absolute atomic E-state index is 0.00302. The lowest BCUT2D eigenvalue weighted by molar-refractivity contribution is 0.0940. The molecule has 1 amide bonds. The fourth-order valence-electron chi connectivity index (χ4n) is 2.38. The molecular formula is C18H16ClN5O4. The molecule has 4 N–H and O–H groups in total. The van der Waals surface area contributed by atoms with Crippen LogP contribution in [0.5, 0.6) is 5.75 Å². The number of rotatable bonds is 6. The maximum absolute atomic E-state index is 12.8. The Bertz CT molecular complexity index is 1080. The molecule has 0 aliphatic heterocycles. The molecule has 10 heteroatoms. The second kappa shape index (κ2) is 8.51. The average Bonchev–Trinajstić information content (AvgIpc) is 3.04. The number of benzene rings is 2. The fourth-order valence-corrected chi connectivity index (χ4v) is 2.55. The quantitative estimate of drug-likeness (QED) is 0.472. The van der Waals surface area contributed by atoms with Crippen molar-refractivity contribution >= 4 is 28.9 Å². The van der Waals surface area contributed by atoms with Crippen LogP contribution >= 0.6 is 11.6 Å². The van der Waals surface area contributed by atoms with E-state index < -0.39 is 11.5 Å². The lowest BCUT2D eigenvalue weighted by atomic mass is 10.3. The SMILES string of the molecule is O=C(NCCO)c1[nH]n(-c2ccccc2)c(=O)c1N=Nc1cccc(Cl)c1O. The van der Waals surface area contributed by atoms with Crippen molar-refractivity contribution in [1.82, 2.24) is 15.1 Å². The van der Waals surface area contributed by atoms with Crippen LogP contribution in [0.3, 0.4) is 0 Å². The first kappa shape index (κ1) is 19.3. The van der Waals surface area contributed by atoms with Gasteiger partial charge in [0.2, 0.25) is 0 Å². The first-order valence-electron chi connectivity index (χ1n) is 8.21. The lowest BCUT2D eigenvalue weighted by Crippen LogP contribution is -2.27. The van der Waals surface area contributed by atoms with Gasteiger partial charge in [0, 0.05) is 6.54 Å². The Morgan fingerprint density at radius 1 is 1.14 bits per heavy atom. The maximum Gasteiger partial charge on any atom is 0.299 e. The van der Waals surface area contributed by atoms with Gasteiger partial charge in [0.15, 0.2) is 17.1 Å². The van der Waals surface area contributed by atoms with Gasteiger partial charge in [-0.3, -0.25) is 14.7 Å². The molecule has 0 saturated heterocycles. The van der Waals surface area contributed by atoms with Gasteiger partial charge in [-0.1, -0.05) is 35.9 Å². The average molecular weight is 402 g/mol. The normalized spacial score (nSPS) is 11.1.